The third-order valence-corrected chi connectivity index (χ3v) is 5.88. The van der Waals surface area contributed by atoms with Crippen LogP contribution >= 0.6 is 11.6 Å². The first-order valence-electron chi connectivity index (χ1n) is 9.62. The van der Waals surface area contributed by atoms with Crippen molar-refractivity contribution in [3.8, 4) is 0 Å². The summed E-state index contributed by atoms with van der Waals surface area (Å²) in [5, 5.41) is 0.723. The van der Waals surface area contributed by atoms with E-state index in [0.717, 1.165) is 48.0 Å². The molecule has 28 heavy (non-hydrogen) atoms. The minimum Gasteiger partial charge on any atom is -0.369 e. The molecule has 2 heterocycles. The van der Waals surface area contributed by atoms with Crippen molar-refractivity contribution in [1.82, 2.24) is 4.90 Å². The fraction of sp³-hybridized carbons (Fsp3) is 0.364. The van der Waals surface area contributed by atoms with E-state index < -0.39 is 0 Å². The van der Waals surface area contributed by atoms with Crippen LogP contribution in [-0.4, -0.2) is 48.9 Å². The average molecular weight is 398 g/mol. The summed E-state index contributed by atoms with van der Waals surface area (Å²) in [7, 11) is 0. The summed E-state index contributed by atoms with van der Waals surface area (Å²) in [6.07, 6.45) is 0.253. The lowest BCUT2D eigenvalue weighted by Gasteiger charge is -2.38. The summed E-state index contributed by atoms with van der Waals surface area (Å²) in [4.78, 5) is 31.5. The van der Waals surface area contributed by atoms with E-state index in [0.29, 0.717) is 5.69 Å². The Hall–Kier alpha value is -2.37. The summed E-state index contributed by atoms with van der Waals surface area (Å²) in [5.41, 5.74) is 3.88. The Balaban J connectivity index is 1.46. The SMILES string of the molecule is Cc1ccc(N2C(=O)C[C@@H](N3CCN(c4cccc(Cl)c4)CC3)C2=O)c(C)c1. The molecule has 0 aliphatic carbocycles. The Morgan fingerprint density at radius 1 is 0.964 bits per heavy atom. The fourth-order valence-corrected chi connectivity index (χ4v) is 4.36. The zero-order valence-corrected chi connectivity index (χ0v) is 16.9. The average Bonchev–Trinajstić information content (AvgIpc) is 2.96. The van der Waals surface area contributed by atoms with Gasteiger partial charge in [0.1, 0.15) is 0 Å². The molecule has 2 aromatic carbocycles. The molecule has 2 aliphatic heterocycles. The fourth-order valence-electron chi connectivity index (χ4n) is 4.18. The molecule has 2 aromatic rings. The van der Waals surface area contributed by atoms with Crippen molar-refractivity contribution in [3.63, 3.8) is 0 Å². The van der Waals surface area contributed by atoms with E-state index in [1.54, 1.807) is 0 Å². The van der Waals surface area contributed by atoms with Crippen LogP contribution in [0.3, 0.4) is 0 Å². The van der Waals surface area contributed by atoms with Crippen molar-refractivity contribution >= 4 is 34.8 Å². The molecule has 4 rings (SSSR count). The Bertz CT molecular complexity index is 922. The monoisotopic (exact) mass is 397 g/mol. The van der Waals surface area contributed by atoms with Crippen LogP contribution in [0.1, 0.15) is 17.5 Å². The number of amides is 2. The number of benzene rings is 2. The normalized spacial score (nSPS) is 20.9. The predicted octanol–water partition coefficient (Wildman–Crippen LogP) is 3.41. The third kappa shape index (κ3) is 3.52. The third-order valence-electron chi connectivity index (χ3n) is 5.64. The van der Waals surface area contributed by atoms with E-state index in [2.05, 4.69) is 9.80 Å². The van der Waals surface area contributed by atoms with Gasteiger partial charge in [0.05, 0.1) is 18.2 Å². The largest absolute Gasteiger partial charge is 0.369 e. The highest BCUT2D eigenvalue weighted by atomic mass is 35.5. The molecule has 2 aliphatic rings. The first-order valence-corrected chi connectivity index (χ1v) is 10.0. The molecule has 2 fully saturated rings. The summed E-state index contributed by atoms with van der Waals surface area (Å²) < 4.78 is 0. The quantitative estimate of drug-likeness (QED) is 0.744. The lowest BCUT2D eigenvalue weighted by atomic mass is 10.1. The van der Waals surface area contributed by atoms with E-state index in [1.807, 2.05) is 56.3 Å². The van der Waals surface area contributed by atoms with Gasteiger partial charge in [0.15, 0.2) is 0 Å². The highest BCUT2D eigenvalue weighted by Gasteiger charge is 2.43. The number of hydrogen-bond donors (Lipinski definition) is 0. The second-order valence-corrected chi connectivity index (χ2v) is 8.02. The number of rotatable bonds is 3. The van der Waals surface area contributed by atoms with Crippen LogP contribution in [0.15, 0.2) is 42.5 Å². The maximum Gasteiger partial charge on any atom is 0.251 e. The van der Waals surface area contributed by atoms with E-state index in [9.17, 15) is 9.59 Å². The molecule has 0 radical (unpaired) electrons. The summed E-state index contributed by atoms with van der Waals surface area (Å²) >= 11 is 6.10. The molecule has 6 heteroatoms. The maximum atomic E-state index is 13.1. The zero-order valence-electron chi connectivity index (χ0n) is 16.2. The van der Waals surface area contributed by atoms with Crippen molar-refractivity contribution in [2.45, 2.75) is 26.3 Å². The predicted molar refractivity (Wildman–Crippen MR) is 112 cm³/mol. The summed E-state index contributed by atoms with van der Waals surface area (Å²) in [6, 6.07) is 13.3. The molecule has 0 spiro atoms. The van der Waals surface area contributed by atoms with Crippen LogP contribution in [0.2, 0.25) is 5.02 Å². The Morgan fingerprint density at radius 3 is 2.39 bits per heavy atom. The minimum atomic E-state index is -0.366. The lowest BCUT2D eigenvalue weighted by Crippen LogP contribution is -2.52. The second kappa shape index (κ2) is 7.57. The van der Waals surface area contributed by atoms with Gasteiger partial charge in [0, 0.05) is 36.9 Å². The number of carbonyl (C=O) groups is 2. The summed E-state index contributed by atoms with van der Waals surface area (Å²) in [5.74, 6) is -0.215. The smallest absolute Gasteiger partial charge is 0.251 e. The molecule has 2 amide bonds. The molecular weight excluding hydrogens is 374 g/mol. The van der Waals surface area contributed by atoms with Gasteiger partial charge in [-0.25, -0.2) is 4.90 Å². The van der Waals surface area contributed by atoms with Crippen LogP contribution in [0.4, 0.5) is 11.4 Å². The van der Waals surface area contributed by atoms with Gasteiger partial charge in [-0.3, -0.25) is 14.5 Å². The number of aryl methyl sites for hydroxylation is 2. The number of halogens is 1. The molecular formula is C22H24ClN3O2. The standard InChI is InChI=1S/C22H24ClN3O2/c1-15-6-7-19(16(2)12-15)26-21(27)14-20(22(26)28)25-10-8-24(9-11-25)18-5-3-4-17(23)13-18/h3-7,12-13,20H,8-11,14H2,1-2H3/t20-/m1/s1. The Morgan fingerprint density at radius 2 is 1.71 bits per heavy atom. The van der Waals surface area contributed by atoms with Crippen LogP contribution in [0, 0.1) is 13.8 Å². The number of nitrogens with zero attached hydrogens (tertiary/aromatic N) is 3. The summed E-state index contributed by atoms with van der Waals surface area (Å²) in [6.45, 7) is 7.06. The van der Waals surface area contributed by atoms with Gasteiger partial charge in [-0.05, 0) is 43.7 Å². The number of imide groups is 1. The highest BCUT2D eigenvalue weighted by molar-refractivity contribution is 6.30. The minimum absolute atomic E-state index is 0.104. The molecule has 0 bridgehead atoms. The first-order chi connectivity index (χ1) is 13.4. The number of piperazine rings is 1. The number of anilines is 2. The number of hydrogen-bond acceptors (Lipinski definition) is 4. The second-order valence-electron chi connectivity index (χ2n) is 7.58. The van der Waals surface area contributed by atoms with Crippen LogP contribution in [0.25, 0.3) is 0 Å². The van der Waals surface area contributed by atoms with E-state index in [1.165, 1.54) is 4.90 Å². The van der Waals surface area contributed by atoms with Crippen molar-refractivity contribution in [2.24, 2.45) is 0 Å². The van der Waals surface area contributed by atoms with Gasteiger partial charge in [0.25, 0.3) is 5.91 Å². The topological polar surface area (TPSA) is 43.9 Å². The van der Waals surface area contributed by atoms with E-state index >= 15 is 0 Å². The van der Waals surface area contributed by atoms with Gasteiger partial charge in [-0.1, -0.05) is 35.4 Å². The lowest BCUT2D eigenvalue weighted by molar-refractivity contribution is -0.123. The van der Waals surface area contributed by atoms with Crippen LogP contribution in [-0.2, 0) is 9.59 Å². The van der Waals surface area contributed by atoms with Crippen molar-refractivity contribution in [1.29, 1.82) is 0 Å². The van der Waals surface area contributed by atoms with Gasteiger partial charge < -0.3 is 4.90 Å². The molecule has 0 unspecified atom stereocenters. The first kappa shape index (κ1) is 19.0. The van der Waals surface area contributed by atoms with Crippen molar-refractivity contribution in [2.75, 3.05) is 36.0 Å². The molecule has 1 atom stereocenters. The van der Waals surface area contributed by atoms with Gasteiger partial charge in [-0.2, -0.15) is 0 Å². The molecule has 146 valence electrons. The van der Waals surface area contributed by atoms with Crippen molar-refractivity contribution in [3.05, 3.63) is 58.6 Å². The van der Waals surface area contributed by atoms with Gasteiger partial charge in [-0.15, -0.1) is 0 Å². The Kier molecular flexibility index (Phi) is 5.13. The molecule has 0 N–H and O–H groups in total. The van der Waals surface area contributed by atoms with Gasteiger partial charge in [0.2, 0.25) is 5.91 Å². The van der Waals surface area contributed by atoms with Crippen LogP contribution < -0.4 is 9.80 Å². The Labute approximate surface area is 170 Å². The molecule has 2 saturated heterocycles. The number of carbonyl (C=O) groups excluding carboxylic acids is 2. The van der Waals surface area contributed by atoms with E-state index in [4.69, 9.17) is 11.6 Å². The molecule has 0 aromatic heterocycles. The zero-order chi connectivity index (χ0) is 19.8. The van der Waals surface area contributed by atoms with Crippen molar-refractivity contribution < 1.29 is 9.59 Å². The van der Waals surface area contributed by atoms with Crippen LogP contribution in [0.5, 0.6) is 0 Å². The van der Waals surface area contributed by atoms with Gasteiger partial charge >= 0.3 is 0 Å². The maximum absolute atomic E-state index is 13.1. The highest BCUT2D eigenvalue weighted by Crippen LogP contribution is 2.30. The molecule has 5 nitrogen and oxygen atoms in total. The van der Waals surface area contributed by atoms with E-state index in [-0.39, 0.29) is 24.3 Å². The molecule has 0 saturated carbocycles.